The number of hydrogen-bond donors (Lipinski definition) is 1. The molecule has 118 valence electrons. The molecule has 0 saturated carbocycles. The molecule has 0 aromatic heterocycles. The van der Waals surface area contributed by atoms with Crippen molar-refractivity contribution in [2.75, 3.05) is 19.6 Å². The van der Waals surface area contributed by atoms with Gasteiger partial charge in [0.25, 0.3) is 0 Å². The van der Waals surface area contributed by atoms with Crippen molar-refractivity contribution in [3.05, 3.63) is 0 Å². The van der Waals surface area contributed by atoms with E-state index in [1.165, 1.54) is 0 Å². The summed E-state index contributed by atoms with van der Waals surface area (Å²) in [6.45, 7) is 15.8. The number of likely N-dealkylation sites (tertiary alicyclic amines) is 1. The van der Waals surface area contributed by atoms with E-state index in [-0.39, 0.29) is 10.8 Å². The molecular weight excluding hydrogens is 248 g/mol. The zero-order valence-corrected chi connectivity index (χ0v) is 14.3. The second-order valence-electron chi connectivity index (χ2n) is 8.18. The first-order chi connectivity index (χ1) is 9.10. The average Bonchev–Trinajstić information content (AvgIpc) is 2.36. The molecule has 0 radical (unpaired) electrons. The molecule has 1 fully saturated rings. The van der Waals surface area contributed by atoms with Gasteiger partial charge >= 0.3 is 0 Å². The topological polar surface area (TPSA) is 46.3 Å². The van der Waals surface area contributed by atoms with Crippen LogP contribution in [0.15, 0.2) is 0 Å². The van der Waals surface area contributed by atoms with Gasteiger partial charge in [-0.1, -0.05) is 41.5 Å². The summed E-state index contributed by atoms with van der Waals surface area (Å²) in [7, 11) is 0. The van der Waals surface area contributed by atoms with Crippen molar-refractivity contribution in [3.63, 3.8) is 0 Å². The minimum absolute atomic E-state index is 0.189. The number of rotatable bonds is 5. The Kier molecular flexibility index (Phi) is 5.65. The van der Waals surface area contributed by atoms with Crippen LogP contribution in [0.25, 0.3) is 0 Å². The van der Waals surface area contributed by atoms with Gasteiger partial charge in [0, 0.05) is 18.5 Å². The Hall–Kier alpha value is -0.570. The normalized spacial score (nSPS) is 18.7. The molecule has 20 heavy (non-hydrogen) atoms. The minimum atomic E-state index is -0.274. The van der Waals surface area contributed by atoms with E-state index in [0.717, 1.165) is 38.9 Å². The van der Waals surface area contributed by atoms with E-state index < -0.39 is 0 Å². The summed E-state index contributed by atoms with van der Waals surface area (Å²) in [5.74, 6) is 1.51. The third kappa shape index (κ3) is 4.21. The van der Waals surface area contributed by atoms with Crippen LogP contribution in [0, 0.1) is 22.7 Å². The van der Waals surface area contributed by atoms with Gasteiger partial charge in [0.15, 0.2) is 0 Å². The molecule has 0 bridgehead atoms. The van der Waals surface area contributed by atoms with Crippen LogP contribution in [0.5, 0.6) is 0 Å². The second-order valence-corrected chi connectivity index (χ2v) is 8.18. The number of carbonyl (C=O) groups excluding carboxylic acids is 1. The van der Waals surface area contributed by atoms with Crippen LogP contribution < -0.4 is 5.73 Å². The number of piperidine rings is 1. The Morgan fingerprint density at radius 3 is 2.10 bits per heavy atom. The van der Waals surface area contributed by atoms with Gasteiger partial charge in [0.1, 0.15) is 0 Å². The summed E-state index contributed by atoms with van der Waals surface area (Å²) in [5.41, 5.74) is 5.64. The van der Waals surface area contributed by atoms with Gasteiger partial charge in [-0.05, 0) is 43.1 Å². The number of amides is 1. The highest BCUT2D eigenvalue weighted by atomic mass is 16.2. The van der Waals surface area contributed by atoms with Crippen LogP contribution in [0.4, 0.5) is 0 Å². The Bertz CT molecular complexity index is 326. The fourth-order valence-corrected chi connectivity index (χ4v) is 3.22. The Balaban J connectivity index is 2.66. The van der Waals surface area contributed by atoms with E-state index in [1.807, 2.05) is 0 Å². The van der Waals surface area contributed by atoms with Crippen molar-refractivity contribution < 1.29 is 4.79 Å². The second kappa shape index (κ2) is 6.46. The summed E-state index contributed by atoms with van der Waals surface area (Å²) < 4.78 is 0. The third-order valence-electron chi connectivity index (χ3n) is 5.27. The first kappa shape index (κ1) is 17.5. The molecule has 0 aliphatic carbocycles. The quantitative estimate of drug-likeness (QED) is 0.841. The van der Waals surface area contributed by atoms with E-state index in [1.54, 1.807) is 0 Å². The van der Waals surface area contributed by atoms with Gasteiger partial charge in [0.05, 0.1) is 0 Å². The molecule has 1 heterocycles. The lowest BCUT2D eigenvalue weighted by Crippen LogP contribution is -2.47. The monoisotopic (exact) mass is 282 g/mol. The van der Waals surface area contributed by atoms with Gasteiger partial charge < -0.3 is 10.6 Å². The van der Waals surface area contributed by atoms with Crippen molar-refractivity contribution in [1.82, 2.24) is 4.90 Å². The lowest BCUT2D eigenvalue weighted by Gasteiger charge is -2.41. The Morgan fingerprint density at radius 1 is 1.20 bits per heavy atom. The van der Waals surface area contributed by atoms with Crippen molar-refractivity contribution in [1.29, 1.82) is 0 Å². The predicted octanol–water partition coefficient (Wildman–Crippen LogP) is 3.28. The fourth-order valence-electron chi connectivity index (χ4n) is 3.22. The lowest BCUT2D eigenvalue weighted by molar-refractivity contribution is -0.143. The molecule has 1 amide bonds. The van der Waals surface area contributed by atoms with E-state index in [2.05, 4.69) is 46.4 Å². The molecule has 1 saturated heterocycles. The highest BCUT2D eigenvalue weighted by molar-refractivity contribution is 5.82. The molecule has 3 heteroatoms. The molecule has 0 atom stereocenters. The fraction of sp³-hybridized carbons (Fsp3) is 0.941. The van der Waals surface area contributed by atoms with Gasteiger partial charge in [0.2, 0.25) is 5.91 Å². The molecule has 0 aromatic carbocycles. The average molecular weight is 282 g/mol. The maximum Gasteiger partial charge on any atom is 0.228 e. The van der Waals surface area contributed by atoms with E-state index in [0.29, 0.717) is 17.7 Å². The molecule has 1 aliphatic rings. The van der Waals surface area contributed by atoms with E-state index >= 15 is 0 Å². The van der Waals surface area contributed by atoms with Crippen molar-refractivity contribution in [2.24, 2.45) is 28.4 Å². The SMILES string of the molecule is CC(C)C(C)(C)CC(C)(C)C(=O)N1CCC(CN)CC1. The maximum absolute atomic E-state index is 12.8. The molecule has 2 N–H and O–H groups in total. The third-order valence-corrected chi connectivity index (χ3v) is 5.27. The summed E-state index contributed by atoms with van der Waals surface area (Å²) in [5, 5.41) is 0. The molecule has 0 spiro atoms. The van der Waals surface area contributed by atoms with Gasteiger partial charge in [-0.15, -0.1) is 0 Å². The zero-order valence-electron chi connectivity index (χ0n) is 14.3. The first-order valence-corrected chi connectivity index (χ1v) is 8.09. The lowest BCUT2D eigenvalue weighted by atomic mass is 9.69. The summed E-state index contributed by atoms with van der Waals surface area (Å²) in [4.78, 5) is 14.9. The van der Waals surface area contributed by atoms with Crippen LogP contribution >= 0.6 is 0 Å². The molecule has 0 aromatic rings. The number of hydrogen-bond acceptors (Lipinski definition) is 2. The van der Waals surface area contributed by atoms with Gasteiger partial charge in [-0.3, -0.25) is 4.79 Å². The first-order valence-electron chi connectivity index (χ1n) is 8.09. The highest BCUT2D eigenvalue weighted by Gasteiger charge is 2.39. The van der Waals surface area contributed by atoms with Crippen molar-refractivity contribution in [3.8, 4) is 0 Å². The van der Waals surface area contributed by atoms with Crippen LogP contribution in [-0.4, -0.2) is 30.4 Å². The van der Waals surface area contributed by atoms with Gasteiger partial charge in [-0.2, -0.15) is 0 Å². The maximum atomic E-state index is 12.8. The van der Waals surface area contributed by atoms with E-state index in [4.69, 9.17) is 5.73 Å². The minimum Gasteiger partial charge on any atom is -0.342 e. The Morgan fingerprint density at radius 2 is 1.70 bits per heavy atom. The Labute approximate surface area is 125 Å². The van der Waals surface area contributed by atoms with E-state index in [9.17, 15) is 4.79 Å². The molecular formula is C17H34N2O. The van der Waals surface area contributed by atoms with Crippen molar-refractivity contribution in [2.45, 2.75) is 60.8 Å². The molecule has 0 unspecified atom stereocenters. The number of nitrogens with two attached hydrogens (primary N) is 1. The smallest absolute Gasteiger partial charge is 0.228 e. The standard InChI is InChI=1S/C17H34N2O/c1-13(2)16(3,4)12-17(5,6)15(20)19-9-7-14(11-18)8-10-19/h13-14H,7-12,18H2,1-6H3. The predicted molar refractivity (Wildman–Crippen MR) is 85.4 cm³/mol. The van der Waals surface area contributed by atoms with Crippen molar-refractivity contribution >= 4 is 5.91 Å². The number of nitrogens with zero attached hydrogens (tertiary/aromatic N) is 1. The van der Waals surface area contributed by atoms with Crippen LogP contribution in [0.1, 0.15) is 60.8 Å². The summed E-state index contributed by atoms with van der Waals surface area (Å²) in [6.07, 6.45) is 3.06. The number of carbonyl (C=O) groups is 1. The molecule has 1 rings (SSSR count). The molecule has 3 nitrogen and oxygen atoms in total. The highest BCUT2D eigenvalue weighted by Crippen LogP contribution is 2.40. The van der Waals surface area contributed by atoms with Gasteiger partial charge in [-0.25, -0.2) is 0 Å². The molecule has 1 aliphatic heterocycles. The summed E-state index contributed by atoms with van der Waals surface area (Å²) in [6, 6.07) is 0. The van der Waals surface area contributed by atoms with Crippen LogP contribution in [-0.2, 0) is 4.79 Å². The summed E-state index contributed by atoms with van der Waals surface area (Å²) >= 11 is 0. The van der Waals surface area contributed by atoms with Crippen LogP contribution in [0.3, 0.4) is 0 Å². The zero-order chi connectivity index (χ0) is 15.6. The largest absolute Gasteiger partial charge is 0.342 e. The van der Waals surface area contributed by atoms with Crippen LogP contribution in [0.2, 0.25) is 0 Å².